The molecular weight excluding hydrogens is 248 g/mol. The smallest absolute Gasteiger partial charge is 0.115 e. The highest BCUT2D eigenvalue weighted by molar-refractivity contribution is 5.38. The van der Waals surface area contributed by atoms with Gasteiger partial charge in [-0.1, -0.05) is 6.07 Å². The summed E-state index contributed by atoms with van der Waals surface area (Å²) in [4.78, 5) is 2.44. The molecule has 2 atom stereocenters. The van der Waals surface area contributed by atoms with Crippen molar-refractivity contribution in [1.82, 2.24) is 10.2 Å². The molecule has 3 rings (SSSR count). The van der Waals surface area contributed by atoms with Crippen molar-refractivity contribution in [3.05, 3.63) is 29.3 Å². The maximum Gasteiger partial charge on any atom is 0.115 e. The van der Waals surface area contributed by atoms with Crippen LogP contribution in [0.5, 0.6) is 5.75 Å². The van der Waals surface area contributed by atoms with Gasteiger partial charge in [0.05, 0.1) is 0 Å². The van der Waals surface area contributed by atoms with Crippen LogP contribution in [-0.2, 0) is 6.42 Å². The molecular formula is C17H26N2O. The predicted octanol–water partition coefficient (Wildman–Crippen LogP) is 2.70. The first-order valence-electron chi connectivity index (χ1n) is 7.96. The number of rotatable bonds is 3. The van der Waals surface area contributed by atoms with Gasteiger partial charge in [0.25, 0.3) is 0 Å². The van der Waals surface area contributed by atoms with Gasteiger partial charge in [-0.25, -0.2) is 0 Å². The highest BCUT2D eigenvalue weighted by Crippen LogP contribution is 2.32. The molecule has 2 N–H and O–H groups in total. The third kappa shape index (κ3) is 3.15. The normalized spacial score (nSPS) is 27.2. The number of aromatic hydroxyl groups is 1. The van der Waals surface area contributed by atoms with Crippen molar-refractivity contribution in [3.8, 4) is 5.75 Å². The van der Waals surface area contributed by atoms with E-state index in [-0.39, 0.29) is 0 Å². The van der Waals surface area contributed by atoms with E-state index in [2.05, 4.69) is 23.3 Å². The Morgan fingerprint density at radius 1 is 1.30 bits per heavy atom. The van der Waals surface area contributed by atoms with Crippen molar-refractivity contribution in [3.63, 3.8) is 0 Å². The summed E-state index contributed by atoms with van der Waals surface area (Å²) in [5.41, 5.74) is 2.73. The van der Waals surface area contributed by atoms with E-state index in [1.807, 2.05) is 12.1 Å². The Balaban J connectivity index is 1.62. The second kappa shape index (κ2) is 6.15. The zero-order valence-corrected chi connectivity index (χ0v) is 12.4. The number of benzene rings is 1. The number of fused-ring (bicyclic) bond motifs is 1. The van der Waals surface area contributed by atoms with Crippen molar-refractivity contribution >= 4 is 0 Å². The summed E-state index contributed by atoms with van der Waals surface area (Å²) >= 11 is 0. The molecule has 3 heteroatoms. The molecule has 0 amide bonds. The number of phenolic OH excluding ortho intramolecular Hbond substituents is 1. The summed E-state index contributed by atoms with van der Waals surface area (Å²) in [6, 6.07) is 6.29. The number of piperidine rings is 1. The SMILES string of the molecule is CN1CCCC(CNC2CCCc3ccc(O)cc32)C1. The quantitative estimate of drug-likeness (QED) is 0.889. The second-order valence-corrected chi connectivity index (χ2v) is 6.51. The topological polar surface area (TPSA) is 35.5 Å². The summed E-state index contributed by atoms with van der Waals surface area (Å²) in [6.45, 7) is 3.56. The molecule has 1 aliphatic carbocycles. The number of nitrogens with one attached hydrogen (secondary N) is 1. The standard InChI is InChI=1S/C17H26N2O/c1-19-9-3-4-13(12-19)11-18-17-6-2-5-14-7-8-15(20)10-16(14)17/h7-8,10,13,17-18,20H,2-6,9,11-12H2,1H3. The maximum absolute atomic E-state index is 9.72. The largest absolute Gasteiger partial charge is 0.508 e. The zero-order valence-electron chi connectivity index (χ0n) is 12.4. The fraction of sp³-hybridized carbons (Fsp3) is 0.647. The van der Waals surface area contributed by atoms with Gasteiger partial charge in [0.2, 0.25) is 0 Å². The van der Waals surface area contributed by atoms with E-state index in [1.54, 1.807) is 0 Å². The molecule has 0 bridgehead atoms. The van der Waals surface area contributed by atoms with E-state index in [0.29, 0.717) is 11.8 Å². The van der Waals surface area contributed by atoms with E-state index in [9.17, 15) is 5.11 Å². The molecule has 2 aliphatic rings. The molecule has 0 radical (unpaired) electrons. The van der Waals surface area contributed by atoms with Crippen LogP contribution in [0.2, 0.25) is 0 Å². The lowest BCUT2D eigenvalue weighted by Gasteiger charge is -2.32. The minimum atomic E-state index is 0.398. The summed E-state index contributed by atoms with van der Waals surface area (Å²) in [5, 5.41) is 13.5. The van der Waals surface area contributed by atoms with Crippen molar-refractivity contribution in [1.29, 1.82) is 0 Å². The van der Waals surface area contributed by atoms with Crippen LogP contribution in [0, 0.1) is 5.92 Å². The fourth-order valence-corrected chi connectivity index (χ4v) is 3.75. The number of nitrogens with zero attached hydrogens (tertiary/aromatic N) is 1. The monoisotopic (exact) mass is 274 g/mol. The molecule has 0 spiro atoms. The number of hydrogen-bond acceptors (Lipinski definition) is 3. The van der Waals surface area contributed by atoms with Crippen molar-refractivity contribution in [2.75, 3.05) is 26.7 Å². The van der Waals surface area contributed by atoms with Gasteiger partial charge in [0.15, 0.2) is 0 Å². The molecule has 1 saturated heterocycles. The first-order valence-corrected chi connectivity index (χ1v) is 7.96. The van der Waals surface area contributed by atoms with E-state index < -0.39 is 0 Å². The van der Waals surface area contributed by atoms with Gasteiger partial charge in [-0.3, -0.25) is 0 Å². The first kappa shape index (κ1) is 13.9. The molecule has 0 saturated carbocycles. The molecule has 110 valence electrons. The number of aryl methyl sites for hydroxylation is 1. The predicted molar refractivity (Wildman–Crippen MR) is 82.0 cm³/mol. The van der Waals surface area contributed by atoms with Crippen LogP contribution in [0.1, 0.15) is 42.9 Å². The van der Waals surface area contributed by atoms with Gasteiger partial charge in [0.1, 0.15) is 5.75 Å². The Hall–Kier alpha value is -1.06. The van der Waals surface area contributed by atoms with E-state index in [1.165, 1.54) is 49.9 Å². The van der Waals surface area contributed by atoms with E-state index >= 15 is 0 Å². The maximum atomic E-state index is 9.72. The van der Waals surface area contributed by atoms with Gasteiger partial charge in [-0.15, -0.1) is 0 Å². The highest BCUT2D eigenvalue weighted by Gasteiger charge is 2.23. The molecule has 3 nitrogen and oxygen atoms in total. The molecule has 1 aromatic carbocycles. The molecule has 1 heterocycles. The lowest BCUT2D eigenvalue weighted by Crippen LogP contribution is -2.38. The second-order valence-electron chi connectivity index (χ2n) is 6.51. The van der Waals surface area contributed by atoms with Gasteiger partial charge in [-0.2, -0.15) is 0 Å². The number of likely N-dealkylation sites (tertiary alicyclic amines) is 1. The molecule has 0 aromatic heterocycles. The Labute approximate surface area is 122 Å². The summed E-state index contributed by atoms with van der Waals surface area (Å²) < 4.78 is 0. The summed E-state index contributed by atoms with van der Waals surface area (Å²) in [6.07, 6.45) is 6.26. The average molecular weight is 274 g/mol. The lowest BCUT2D eigenvalue weighted by molar-refractivity contribution is 0.201. The van der Waals surface area contributed by atoms with Crippen LogP contribution in [0.15, 0.2) is 18.2 Å². The van der Waals surface area contributed by atoms with Crippen molar-refractivity contribution < 1.29 is 5.11 Å². The molecule has 20 heavy (non-hydrogen) atoms. The minimum absolute atomic E-state index is 0.398. The van der Waals surface area contributed by atoms with Gasteiger partial charge in [0, 0.05) is 12.6 Å². The van der Waals surface area contributed by atoms with Crippen molar-refractivity contribution in [2.24, 2.45) is 5.92 Å². The average Bonchev–Trinajstić information content (AvgIpc) is 2.45. The summed E-state index contributed by atoms with van der Waals surface area (Å²) in [5.74, 6) is 1.17. The zero-order chi connectivity index (χ0) is 13.9. The molecule has 1 fully saturated rings. The Morgan fingerprint density at radius 2 is 2.20 bits per heavy atom. The fourth-order valence-electron chi connectivity index (χ4n) is 3.75. The van der Waals surface area contributed by atoms with E-state index in [0.717, 1.165) is 18.9 Å². The Morgan fingerprint density at radius 3 is 3.05 bits per heavy atom. The Kier molecular flexibility index (Phi) is 4.27. The molecule has 1 aliphatic heterocycles. The highest BCUT2D eigenvalue weighted by atomic mass is 16.3. The van der Waals surface area contributed by atoms with Crippen LogP contribution < -0.4 is 5.32 Å². The number of phenols is 1. The summed E-state index contributed by atoms with van der Waals surface area (Å²) in [7, 11) is 2.22. The van der Waals surface area contributed by atoms with Gasteiger partial charge in [-0.05, 0) is 81.4 Å². The van der Waals surface area contributed by atoms with Crippen LogP contribution in [0.25, 0.3) is 0 Å². The first-order chi connectivity index (χ1) is 9.72. The third-order valence-electron chi connectivity index (χ3n) is 4.82. The van der Waals surface area contributed by atoms with Crippen LogP contribution >= 0.6 is 0 Å². The Bertz CT molecular complexity index is 460. The third-order valence-corrected chi connectivity index (χ3v) is 4.82. The van der Waals surface area contributed by atoms with E-state index in [4.69, 9.17) is 0 Å². The molecule has 2 unspecified atom stereocenters. The van der Waals surface area contributed by atoms with Crippen LogP contribution in [-0.4, -0.2) is 36.7 Å². The van der Waals surface area contributed by atoms with Crippen molar-refractivity contribution in [2.45, 2.75) is 38.1 Å². The minimum Gasteiger partial charge on any atom is -0.508 e. The van der Waals surface area contributed by atoms with Gasteiger partial charge >= 0.3 is 0 Å². The van der Waals surface area contributed by atoms with Crippen LogP contribution in [0.4, 0.5) is 0 Å². The van der Waals surface area contributed by atoms with Gasteiger partial charge < -0.3 is 15.3 Å². The molecule has 1 aromatic rings. The van der Waals surface area contributed by atoms with Crippen LogP contribution in [0.3, 0.4) is 0 Å². The number of hydrogen-bond donors (Lipinski definition) is 2. The lowest BCUT2D eigenvalue weighted by atomic mass is 9.87.